The van der Waals surface area contributed by atoms with Crippen molar-refractivity contribution in [3.63, 3.8) is 0 Å². The molecule has 28 heavy (non-hydrogen) atoms. The molecule has 0 unspecified atom stereocenters. The van der Waals surface area contributed by atoms with E-state index in [1.807, 2.05) is 0 Å². The number of rotatable bonds is 5. The number of nitrogens with zero attached hydrogens (tertiary/aromatic N) is 2. The van der Waals surface area contributed by atoms with Crippen LogP contribution in [-0.2, 0) is 11.2 Å². The van der Waals surface area contributed by atoms with Gasteiger partial charge in [-0.15, -0.1) is 0 Å². The zero-order valence-corrected chi connectivity index (χ0v) is 17.0. The third kappa shape index (κ3) is 3.82. The van der Waals surface area contributed by atoms with Crippen LogP contribution in [0.5, 0.6) is 0 Å². The Bertz CT molecular complexity index is 699. The molecule has 5 nitrogen and oxygen atoms in total. The third-order valence-corrected chi connectivity index (χ3v) is 7.23. The minimum Gasteiger partial charge on any atom is -0.323 e. The van der Waals surface area contributed by atoms with Crippen LogP contribution >= 0.6 is 0 Å². The van der Waals surface area contributed by atoms with E-state index in [2.05, 4.69) is 47.5 Å². The molecule has 3 amide bonds. The highest BCUT2D eigenvalue weighted by Crippen LogP contribution is 2.38. The zero-order valence-electron chi connectivity index (χ0n) is 17.0. The highest BCUT2D eigenvalue weighted by molar-refractivity contribution is 6.07. The van der Waals surface area contributed by atoms with E-state index in [-0.39, 0.29) is 17.9 Å². The summed E-state index contributed by atoms with van der Waals surface area (Å²) in [5.41, 5.74) is 0.778. The van der Waals surface area contributed by atoms with Crippen LogP contribution in [0.3, 0.4) is 0 Å². The minimum absolute atomic E-state index is 0.0101. The highest BCUT2D eigenvalue weighted by Gasteiger charge is 2.55. The van der Waals surface area contributed by atoms with E-state index in [4.69, 9.17) is 0 Å². The average Bonchev–Trinajstić information content (AvgIpc) is 2.95. The van der Waals surface area contributed by atoms with Gasteiger partial charge in [-0.05, 0) is 55.9 Å². The number of nitrogens with one attached hydrogen (secondary N) is 1. The Morgan fingerprint density at radius 1 is 1.07 bits per heavy atom. The van der Waals surface area contributed by atoms with Crippen LogP contribution in [0.2, 0.25) is 0 Å². The standard InChI is InChI=1S/C23H33N3O2/c1-18-7-5-6-14-23(18)21(27)26(22(28)24-23)17-25-15-12-20(13-16-25)11-10-19-8-3-2-4-9-19/h2-4,8-9,18,20H,5-7,10-17H2,1H3,(H,24,28)/t18-,23-/m1/s1. The topological polar surface area (TPSA) is 52.7 Å². The van der Waals surface area contributed by atoms with Gasteiger partial charge in [0.1, 0.15) is 5.54 Å². The predicted octanol–water partition coefficient (Wildman–Crippen LogP) is 3.79. The summed E-state index contributed by atoms with van der Waals surface area (Å²) < 4.78 is 0. The molecule has 1 aromatic carbocycles. The van der Waals surface area contributed by atoms with Gasteiger partial charge in [-0.1, -0.05) is 50.1 Å². The van der Waals surface area contributed by atoms with E-state index in [0.717, 1.165) is 64.0 Å². The molecule has 2 aliphatic heterocycles. The van der Waals surface area contributed by atoms with Crippen molar-refractivity contribution >= 4 is 11.9 Å². The van der Waals surface area contributed by atoms with Crippen LogP contribution in [0, 0.1) is 11.8 Å². The van der Waals surface area contributed by atoms with Gasteiger partial charge in [0.05, 0.1) is 6.67 Å². The lowest BCUT2D eigenvalue weighted by molar-refractivity contribution is -0.135. The van der Waals surface area contributed by atoms with Gasteiger partial charge < -0.3 is 5.32 Å². The summed E-state index contributed by atoms with van der Waals surface area (Å²) in [6, 6.07) is 10.5. The first-order chi connectivity index (χ1) is 13.6. The molecule has 0 aromatic heterocycles. The molecule has 1 aliphatic carbocycles. The second-order valence-corrected chi connectivity index (χ2v) is 9.01. The molecule has 3 aliphatic rings. The molecule has 2 saturated heterocycles. The van der Waals surface area contributed by atoms with Gasteiger partial charge in [-0.2, -0.15) is 0 Å². The Hall–Kier alpha value is -1.88. The molecule has 1 saturated carbocycles. The number of aryl methyl sites for hydroxylation is 1. The van der Waals surface area contributed by atoms with Gasteiger partial charge in [0.25, 0.3) is 5.91 Å². The van der Waals surface area contributed by atoms with Crippen molar-refractivity contribution in [3.05, 3.63) is 35.9 Å². The molecule has 1 spiro atoms. The summed E-state index contributed by atoms with van der Waals surface area (Å²) in [4.78, 5) is 29.4. The van der Waals surface area contributed by atoms with Gasteiger partial charge >= 0.3 is 6.03 Å². The fourth-order valence-corrected chi connectivity index (χ4v) is 5.26. The Morgan fingerprint density at radius 2 is 1.82 bits per heavy atom. The van der Waals surface area contributed by atoms with Gasteiger partial charge in [-0.25, -0.2) is 9.69 Å². The predicted molar refractivity (Wildman–Crippen MR) is 110 cm³/mol. The number of imide groups is 1. The Morgan fingerprint density at radius 3 is 2.54 bits per heavy atom. The Balaban J connectivity index is 1.28. The maximum Gasteiger partial charge on any atom is 0.326 e. The maximum absolute atomic E-state index is 13.1. The zero-order chi connectivity index (χ0) is 19.6. The van der Waals surface area contributed by atoms with Crippen LogP contribution in [0.4, 0.5) is 4.79 Å². The fourth-order valence-electron chi connectivity index (χ4n) is 5.26. The van der Waals surface area contributed by atoms with Gasteiger partial charge in [0.2, 0.25) is 0 Å². The van der Waals surface area contributed by atoms with Crippen molar-refractivity contribution in [1.82, 2.24) is 15.1 Å². The summed E-state index contributed by atoms with van der Waals surface area (Å²) in [5.74, 6) is 0.978. The van der Waals surface area contributed by atoms with Crippen LogP contribution in [0.15, 0.2) is 30.3 Å². The van der Waals surface area contributed by atoms with Crippen molar-refractivity contribution in [2.45, 2.75) is 63.8 Å². The lowest BCUT2D eigenvalue weighted by atomic mass is 9.73. The average molecular weight is 384 g/mol. The fraction of sp³-hybridized carbons (Fsp3) is 0.652. The summed E-state index contributed by atoms with van der Waals surface area (Å²) in [6.45, 7) is 4.50. The number of piperidine rings is 1. The number of benzene rings is 1. The summed E-state index contributed by atoms with van der Waals surface area (Å²) in [6.07, 6.45) is 8.65. The minimum atomic E-state index is -0.636. The van der Waals surface area contributed by atoms with Crippen molar-refractivity contribution < 1.29 is 9.59 Å². The Labute approximate surface area is 168 Å². The lowest BCUT2D eigenvalue weighted by Gasteiger charge is -2.37. The van der Waals surface area contributed by atoms with Crippen molar-refractivity contribution in [2.24, 2.45) is 11.8 Å². The second kappa shape index (κ2) is 8.24. The number of hydrogen-bond acceptors (Lipinski definition) is 3. The normalized spacial score (nSPS) is 29.5. The first kappa shape index (κ1) is 19.4. The Kier molecular flexibility index (Phi) is 5.72. The molecule has 5 heteroatoms. The summed E-state index contributed by atoms with van der Waals surface area (Å²) in [5, 5.41) is 3.07. The quantitative estimate of drug-likeness (QED) is 0.787. The molecule has 0 bridgehead atoms. The van der Waals surface area contributed by atoms with Crippen molar-refractivity contribution in [2.75, 3.05) is 19.8 Å². The van der Waals surface area contributed by atoms with E-state index in [0.29, 0.717) is 6.67 Å². The number of carbonyl (C=O) groups excluding carboxylic acids is 2. The molecule has 2 heterocycles. The molecule has 3 fully saturated rings. The number of urea groups is 1. The number of amides is 3. The molecular formula is C23H33N3O2. The molecule has 4 rings (SSSR count). The highest BCUT2D eigenvalue weighted by atomic mass is 16.2. The smallest absolute Gasteiger partial charge is 0.323 e. The van der Waals surface area contributed by atoms with E-state index < -0.39 is 5.54 Å². The monoisotopic (exact) mass is 383 g/mol. The molecular weight excluding hydrogens is 350 g/mol. The first-order valence-corrected chi connectivity index (χ1v) is 11.0. The van der Waals surface area contributed by atoms with E-state index in [1.54, 1.807) is 0 Å². The van der Waals surface area contributed by atoms with Gasteiger partial charge in [-0.3, -0.25) is 9.69 Å². The van der Waals surface area contributed by atoms with Crippen LogP contribution < -0.4 is 5.32 Å². The van der Waals surface area contributed by atoms with Crippen molar-refractivity contribution in [3.8, 4) is 0 Å². The van der Waals surface area contributed by atoms with Crippen LogP contribution in [0.25, 0.3) is 0 Å². The summed E-state index contributed by atoms with van der Waals surface area (Å²) in [7, 11) is 0. The first-order valence-electron chi connectivity index (χ1n) is 11.0. The molecule has 152 valence electrons. The molecule has 0 radical (unpaired) electrons. The van der Waals surface area contributed by atoms with E-state index in [1.165, 1.54) is 16.9 Å². The van der Waals surface area contributed by atoms with Crippen LogP contribution in [-0.4, -0.2) is 47.0 Å². The molecule has 1 N–H and O–H groups in total. The molecule has 2 atom stereocenters. The SMILES string of the molecule is C[C@@H]1CCCC[C@@]12NC(=O)N(CN1CCC(CCc3ccccc3)CC1)C2=O. The largest absolute Gasteiger partial charge is 0.326 e. The van der Waals surface area contributed by atoms with Crippen LogP contribution in [0.1, 0.15) is 57.4 Å². The number of likely N-dealkylation sites (tertiary alicyclic amines) is 1. The maximum atomic E-state index is 13.1. The van der Waals surface area contributed by atoms with Gasteiger partial charge in [0, 0.05) is 13.1 Å². The van der Waals surface area contributed by atoms with Crippen molar-refractivity contribution in [1.29, 1.82) is 0 Å². The number of carbonyl (C=O) groups is 2. The lowest BCUT2D eigenvalue weighted by Crippen LogP contribution is -2.54. The summed E-state index contributed by atoms with van der Waals surface area (Å²) >= 11 is 0. The van der Waals surface area contributed by atoms with E-state index in [9.17, 15) is 9.59 Å². The third-order valence-electron chi connectivity index (χ3n) is 7.23. The van der Waals surface area contributed by atoms with E-state index >= 15 is 0 Å². The van der Waals surface area contributed by atoms with Gasteiger partial charge in [0.15, 0.2) is 0 Å². The number of hydrogen-bond donors (Lipinski definition) is 1. The second-order valence-electron chi connectivity index (χ2n) is 9.01. The molecule has 1 aromatic rings.